The van der Waals surface area contributed by atoms with Crippen LogP contribution in [-0.2, 0) is 0 Å². The van der Waals surface area contributed by atoms with Crippen LogP contribution >= 0.6 is 0 Å². The molecule has 0 spiro atoms. The molecule has 2 N–H and O–H groups in total. The molecule has 3 aliphatic rings. The maximum Gasteiger partial charge on any atom is 0.0898 e. The molecule has 0 aromatic heterocycles. The van der Waals surface area contributed by atoms with E-state index in [1.807, 2.05) is 0 Å². The number of nitrogens with zero attached hydrogens (tertiary/aromatic N) is 2. The van der Waals surface area contributed by atoms with Gasteiger partial charge in [0, 0.05) is 26.2 Å². The van der Waals surface area contributed by atoms with E-state index in [0.717, 1.165) is 26.2 Å². The summed E-state index contributed by atoms with van der Waals surface area (Å²) in [6.45, 7) is 4.56. The molecule has 3 fully saturated rings. The van der Waals surface area contributed by atoms with Gasteiger partial charge in [-0.1, -0.05) is 38.5 Å². The zero-order valence-corrected chi connectivity index (χ0v) is 13.4. The van der Waals surface area contributed by atoms with Crippen molar-refractivity contribution in [2.75, 3.05) is 26.2 Å². The van der Waals surface area contributed by atoms with E-state index in [2.05, 4.69) is 26.6 Å². The van der Waals surface area contributed by atoms with Crippen LogP contribution in [0.15, 0.2) is 9.98 Å². The Labute approximate surface area is 129 Å². The lowest BCUT2D eigenvalue weighted by atomic mass is 9.96. The Balaban J connectivity index is 0.000000225. The van der Waals surface area contributed by atoms with E-state index in [9.17, 15) is 0 Å². The normalized spacial score (nSPS) is 24.4. The van der Waals surface area contributed by atoms with Gasteiger partial charge in [-0.25, -0.2) is 9.98 Å². The summed E-state index contributed by atoms with van der Waals surface area (Å²) >= 11 is 0. The van der Waals surface area contributed by atoms with Crippen LogP contribution in [0.5, 0.6) is 0 Å². The third-order valence-electron chi connectivity index (χ3n) is 4.59. The van der Waals surface area contributed by atoms with Gasteiger partial charge in [0.15, 0.2) is 0 Å². The minimum atomic E-state index is 0.533. The van der Waals surface area contributed by atoms with Crippen LogP contribution in [0.1, 0.15) is 64.2 Å². The summed E-state index contributed by atoms with van der Waals surface area (Å²) in [5.74, 6) is 0. The van der Waals surface area contributed by atoms with Crippen LogP contribution in [0.2, 0.25) is 0 Å². The molecule has 0 atom stereocenters. The summed E-state index contributed by atoms with van der Waals surface area (Å²) in [6.07, 6.45) is 13.2. The molecule has 1 heterocycles. The third kappa shape index (κ3) is 7.75. The van der Waals surface area contributed by atoms with Gasteiger partial charge in [-0.05, 0) is 25.7 Å². The first-order chi connectivity index (χ1) is 10.4. The Morgan fingerprint density at radius 1 is 0.571 bits per heavy atom. The predicted molar refractivity (Wildman–Crippen MR) is 89.3 cm³/mol. The smallest absolute Gasteiger partial charge is 0.0898 e. The Morgan fingerprint density at radius 2 is 0.952 bits per heavy atom. The second-order valence-corrected chi connectivity index (χ2v) is 6.44. The summed E-state index contributed by atoms with van der Waals surface area (Å²) in [7, 11) is 0. The Kier molecular flexibility index (Phi) is 8.69. The Bertz CT molecular complexity index is 273. The van der Waals surface area contributed by atoms with Crippen molar-refractivity contribution in [3.8, 4) is 0 Å². The topological polar surface area (TPSA) is 48.8 Å². The van der Waals surface area contributed by atoms with Crippen molar-refractivity contribution in [3.63, 3.8) is 0 Å². The minimum Gasteiger partial charge on any atom is -0.314 e. The van der Waals surface area contributed by atoms with Gasteiger partial charge in [0.1, 0.15) is 0 Å². The van der Waals surface area contributed by atoms with E-state index >= 15 is 0 Å². The average molecular weight is 292 g/mol. The van der Waals surface area contributed by atoms with E-state index in [0.29, 0.717) is 12.1 Å². The van der Waals surface area contributed by atoms with Gasteiger partial charge in [0.05, 0.1) is 18.1 Å². The fourth-order valence-corrected chi connectivity index (χ4v) is 3.22. The molecular weight excluding hydrogens is 260 g/mol. The first kappa shape index (κ1) is 16.7. The summed E-state index contributed by atoms with van der Waals surface area (Å²) in [5, 5.41) is 6.44. The molecule has 0 amide bonds. The Hall–Kier alpha value is -0.700. The second kappa shape index (κ2) is 10.9. The van der Waals surface area contributed by atoms with Crippen LogP contribution < -0.4 is 10.6 Å². The van der Waals surface area contributed by atoms with Crippen molar-refractivity contribution in [2.45, 2.75) is 76.3 Å². The molecule has 1 saturated heterocycles. The van der Waals surface area contributed by atoms with Gasteiger partial charge in [-0.15, -0.1) is 0 Å². The number of aliphatic imine (C=N–C) groups is 2. The lowest BCUT2D eigenvalue weighted by Gasteiger charge is -2.17. The van der Waals surface area contributed by atoms with Crippen molar-refractivity contribution < 1.29 is 0 Å². The molecule has 4 heteroatoms. The van der Waals surface area contributed by atoms with Crippen LogP contribution in [-0.4, -0.2) is 44.3 Å². The molecule has 0 aromatic rings. The van der Waals surface area contributed by atoms with Crippen LogP contribution in [0.3, 0.4) is 0 Å². The third-order valence-corrected chi connectivity index (χ3v) is 4.59. The molecule has 3 rings (SSSR count). The van der Waals surface area contributed by atoms with Gasteiger partial charge < -0.3 is 10.6 Å². The summed E-state index contributed by atoms with van der Waals surface area (Å²) in [6, 6.07) is 4.04. The summed E-state index contributed by atoms with van der Waals surface area (Å²) in [5.41, 5.74) is 0. The van der Waals surface area contributed by atoms with Crippen LogP contribution in [0.25, 0.3) is 0 Å². The van der Waals surface area contributed by atoms with Crippen molar-refractivity contribution in [1.29, 1.82) is 0 Å². The maximum atomic E-state index is 4.46. The maximum absolute atomic E-state index is 4.46. The molecule has 0 unspecified atom stereocenters. The van der Waals surface area contributed by atoms with Crippen LogP contribution in [0.4, 0.5) is 0 Å². The van der Waals surface area contributed by atoms with E-state index in [-0.39, 0.29) is 0 Å². The number of rotatable bonds is 2. The standard InChI is InChI=1S/C13H22N2.C4H10N2/c1-3-7-12(8-4-1)14-11-15-13-9-5-2-6-10-13;1-2-6-4-3-5-1/h12-13H,1-10H2;5-6H,1-4H2. The van der Waals surface area contributed by atoms with E-state index < -0.39 is 0 Å². The highest BCUT2D eigenvalue weighted by Gasteiger charge is 2.12. The zero-order chi connectivity index (χ0) is 14.6. The van der Waals surface area contributed by atoms with E-state index in [4.69, 9.17) is 0 Å². The molecule has 0 aromatic carbocycles. The molecule has 4 nitrogen and oxygen atoms in total. The average Bonchev–Trinajstić information content (AvgIpc) is 2.59. The summed E-state index contributed by atoms with van der Waals surface area (Å²) < 4.78 is 0. The monoisotopic (exact) mass is 292 g/mol. The van der Waals surface area contributed by atoms with E-state index in [1.54, 1.807) is 0 Å². The molecule has 120 valence electrons. The highest BCUT2D eigenvalue weighted by atomic mass is 15.0. The number of nitrogens with one attached hydrogen (secondary N) is 2. The predicted octanol–water partition coefficient (Wildman–Crippen LogP) is 3.00. The van der Waals surface area contributed by atoms with Crippen molar-refractivity contribution in [3.05, 3.63) is 0 Å². The number of piperazine rings is 1. The molecule has 21 heavy (non-hydrogen) atoms. The molecule has 1 aliphatic heterocycles. The van der Waals surface area contributed by atoms with Gasteiger partial charge in [0.25, 0.3) is 0 Å². The van der Waals surface area contributed by atoms with Gasteiger partial charge in [-0.3, -0.25) is 0 Å². The quantitative estimate of drug-likeness (QED) is 0.769. The Morgan fingerprint density at radius 3 is 1.29 bits per heavy atom. The molecule has 0 radical (unpaired) electrons. The lowest BCUT2D eigenvalue weighted by molar-refractivity contribution is 0.438. The first-order valence-corrected chi connectivity index (χ1v) is 9.01. The number of hydrogen-bond donors (Lipinski definition) is 2. The van der Waals surface area contributed by atoms with Crippen molar-refractivity contribution >= 4 is 6.01 Å². The van der Waals surface area contributed by atoms with Gasteiger partial charge >= 0.3 is 0 Å². The fraction of sp³-hybridized carbons (Fsp3) is 0.941. The lowest BCUT2D eigenvalue weighted by Crippen LogP contribution is -2.39. The second-order valence-electron chi connectivity index (χ2n) is 6.44. The van der Waals surface area contributed by atoms with Gasteiger partial charge in [-0.2, -0.15) is 0 Å². The first-order valence-electron chi connectivity index (χ1n) is 9.01. The van der Waals surface area contributed by atoms with Crippen molar-refractivity contribution in [2.24, 2.45) is 9.98 Å². The SMILES string of the molecule is C(=NC1CCCCC1)=NC1CCCCC1.C1CNCCN1. The summed E-state index contributed by atoms with van der Waals surface area (Å²) in [4.78, 5) is 8.92. The minimum absolute atomic E-state index is 0.533. The molecule has 2 saturated carbocycles. The highest BCUT2D eigenvalue weighted by Crippen LogP contribution is 2.21. The molecular formula is C17H32N4. The van der Waals surface area contributed by atoms with Crippen LogP contribution in [0, 0.1) is 0 Å². The number of hydrogen-bond acceptors (Lipinski definition) is 4. The highest BCUT2D eigenvalue weighted by molar-refractivity contribution is 5.42. The van der Waals surface area contributed by atoms with E-state index in [1.165, 1.54) is 64.2 Å². The van der Waals surface area contributed by atoms with Crippen molar-refractivity contribution in [1.82, 2.24) is 10.6 Å². The largest absolute Gasteiger partial charge is 0.314 e. The molecule has 0 bridgehead atoms. The van der Waals surface area contributed by atoms with Gasteiger partial charge in [0.2, 0.25) is 0 Å². The fourth-order valence-electron chi connectivity index (χ4n) is 3.22. The molecule has 2 aliphatic carbocycles. The zero-order valence-electron chi connectivity index (χ0n) is 13.4.